The van der Waals surface area contributed by atoms with Gasteiger partial charge in [0, 0.05) is 33.6 Å². The van der Waals surface area contributed by atoms with Gasteiger partial charge in [0.25, 0.3) is 0 Å². The minimum absolute atomic E-state index is 0.224. The summed E-state index contributed by atoms with van der Waals surface area (Å²) >= 11 is 0. The number of fused-ring (bicyclic) bond motifs is 12. The molecule has 0 radical (unpaired) electrons. The van der Waals surface area contributed by atoms with Gasteiger partial charge in [-0.25, -0.2) is 0 Å². The Morgan fingerprint density at radius 1 is 0.507 bits per heavy atom. The van der Waals surface area contributed by atoms with Crippen molar-refractivity contribution in [1.29, 1.82) is 0 Å². The molecule has 6 aliphatic carbocycles. The van der Waals surface area contributed by atoms with Gasteiger partial charge in [0.05, 0.1) is 11.1 Å². The van der Waals surface area contributed by atoms with Gasteiger partial charge in [-0.1, -0.05) is 194 Å². The summed E-state index contributed by atoms with van der Waals surface area (Å²) in [6, 6.07) is 58.7. The molecular weight excluding hydrogens is 835 g/mol. The second-order valence-electron chi connectivity index (χ2n) is 19.5. The van der Waals surface area contributed by atoms with Crippen LogP contribution in [0, 0.1) is 0 Å². The highest BCUT2D eigenvalue weighted by Crippen LogP contribution is 2.64. The molecule has 1 heterocycles. The smallest absolute Gasteiger partial charge is 0.159 e. The normalized spacial score (nSPS) is 19.8. The molecule has 2 heteroatoms. The lowest BCUT2D eigenvalue weighted by molar-refractivity contribution is 0.668. The van der Waals surface area contributed by atoms with Crippen LogP contribution in [0.15, 0.2) is 251 Å². The fourth-order valence-electron chi connectivity index (χ4n) is 12.7. The number of benzene rings is 7. The molecule has 6 aliphatic rings. The van der Waals surface area contributed by atoms with Crippen LogP contribution in [0.4, 0.5) is 5.69 Å². The number of hydrogen-bond donors (Lipinski definition) is 0. The molecule has 330 valence electrons. The first-order valence-corrected chi connectivity index (χ1v) is 25.0. The standard InChI is InChI=1S/C67H51NO/c1-4-16-44(17-5-1)46-30-36-51(37-31-46)68(64-29-15-26-58-57-25-14-24-53(65(57)69-66(58)64)48-20-8-3-9-21-48)52-38-32-47(33-39-52)50-34-40-56-59-42-49(45-18-6-2-7-19-45)35-41-62(59)67(63(56)43-50)60-27-12-10-22-54(60)55-23-11-13-28-61(55)67/h1-4,6-10,12-16,18-22,24-30,32,34-36,38-43,47H,5,11,17,23,31,33,37H2. The summed E-state index contributed by atoms with van der Waals surface area (Å²) in [5.74, 6) is 0.224. The van der Waals surface area contributed by atoms with Crippen LogP contribution in [-0.2, 0) is 5.41 Å². The SMILES string of the molecule is C1=CCCC(C2=CC=C(N(C3=CCC(c4ccc5c(c4)C4(C6=C(CCC=C6)c6ccccc64)c4ccc(-c6ccccc6)cc4-5)C=C3)c3cccc4c3oc3c(-c5ccccc5)cccc34)CC2)=C1. The van der Waals surface area contributed by atoms with Gasteiger partial charge in [0.1, 0.15) is 5.58 Å². The lowest BCUT2D eigenvalue weighted by Crippen LogP contribution is -2.27. The van der Waals surface area contributed by atoms with Crippen LogP contribution in [0.3, 0.4) is 0 Å². The minimum Gasteiger partial charge on any atom is -0.453 e. The lowest BCUT2D eigenvalue weighted by Gasteiger charge is -2.33. The third-order valence-corrected chi connectivity index (χ3v) is 15.9. The molecule has 2 nitrogen and oxygen atoms in total. The quantitative estimate of drug-likeness (QED) is 0.159. The molecule has 0 amide bonds. The van der Waals surface area contributed by atoms with Crippen molar-refractivity contribution < 1.29 is 4.42 Å². The van der Waals surface area contributed by atoms with Gasteiger partial charge in [-0.3, -0.25) is 0 Å². The molecule has 8 aromatic rings. The molecule has 0 bridgehead atoms. The molecule has 0 N–H and O–H groups in total. The largest absolute Gasteiger partial charge is 0.453 e. The van der Waals surface area contributed by atoms with Crippen LogP contribution in [0.5, 0.6) is 0 Å². The summed E-state index contributed by atoms with van der Waals surface area (Å²) in [7, 11) is 0. The van der Waals surface area contributed by atoms with E-state index in [1.165, 1.54) is 83.8 Å². The number of anilines is 1. The van der Waals surface area contributed by atoms with Crippen molar-refractivity contribution in [2.24, 2.45) is 0 Å². The minimum atomic E-state index is -0.357. The first-order chi connectivity index (χ1) is 34.2. The Hall–Kier alpha value is -7.94. The molecule has 0 fully saturated rings. The van der Waals surface area contributed by atoms with E-state index < -0.39 is 0 Å². The Labute approximate surface area is 404 Å². The number of allylic oxidation sites excluding steroid dienone is 15. The second-order valence-corrected chi connectivity index (χ2v) is 19.5. The van der Waals surface area contributed by atoms with E-state index in [0.717, 1.165) is 83.7 Å². The van der Waals surface area contributed by atoms with E-state index in [0.29, 0.717) is 0 Å². The van der Waals surface area contributed by atoms with Gasteiger partial charge < -0.3 is 9.32 Å². The van der Waals surface area contributed by atoms with Gasteiger partial charge >= 0.3 is 0 Å². The fourth-order valence-corrected chi connectivity index (χ4v) is 12.7. The molecule has 7 aromatic carbocycles. The summed E-state index contributed by atoms with van der Waals surface area (Å²) in [6.45, 7) is 0. The summed E-state index contributed by atoms with van der Waals surface area (Å²) in [5, 5.41) is 2.28. The average molecular weight is 886 g/mol. The number of furan rings is 1. The summed E-state index contributed by atoms with van der Waals surface area (Å²) in [4.78, 5) is 2.50. The molecule has 2 unspecified atom stereocenters. The van der Waals surface area contributed by atoms with Crippen LogP contribution in [-0.4, -0.2) is 0 Å². The molecule has 69 heavy (non-hydrogen) atoms. The zero-order valence-corrected chi connectivity index (χ0v) is 38.7. The van der Waals surface area contributed by atoms with E-state index in [9.17, 15) is 0 Å². The predicted molar refractivity (Wildman–Crippen MR) is 287 cm³/mol. The molecule has 0 saturated heterocycles. The highest BCUT2D eigenvalue weighted by Gasteiger charge is 2.52. The molecule has 1 spiro atoms. The van der Waals surface area contributed by atoms with Crippen molar-refractivity contribution in [1.82, 2.24) is 0 Å². The zero-order chi connectivity index (χ0) is 45.5. The van der Waals surface area contributed by atoms with Gasteiger partial charge in [-0.15, -0.1) is 0 Å². The van der Waals surface area contributed by atoms with Crippen molar-refractivity contribution >= 4 is 33.2 Å². The summed E-state index contributed by atoms with van der Waals surface area (Å²) in [6.07, 6.45) is 31.0. The topological polar surface area (TPSA) is 16.4 Å². The average Bonchev–Trinajstić information content (AvgIpc) is 4.06. The van der Waals surface area contributed by atoms with Crippen molar-refractivity contribution in [2.75, 3.05) is 4.90 Å². The van der Waals surface area contributed by atoms with Gasteiger partial charge in [-0.2, -0.15) is 0 Å². The summed E-state index contributed by atoms with van der Waals surface area (Å²) < 4.78 is 7.09. The molecule has 1 aromatic heterocycles. The third-order valence-electron chi connectivity index (χ3n) is 15.9. The Morgan fingerprint density at radius 3 is 2.09 bits per heavy atom. The van der Waals surface area contributed by atoms with Gasteiger partial charge in [0.2, 0.25) is 0 Å². The maximum Gasteiger partial charge on any atom is 0.159 e. The summed E-state index contributed by atoms with van der Waals surface area (Å²) in [5.41, 5.74) is 25.4. The lowest BCUT2D eigenvalue weighted by atomic mass is 9.68. The maximum absolute atomic E-state index is 7.09. The molecule has 2 atom stereocenters. The van der Waals surface area contributed by atoms with Gasteiger partial charge in [-0.05, 0) is 147 Å². The Bertz CT molecular complexity index is 3690. The molecule has 0 saturated carbocycles. The molecule has 0 aliphatic heterocycles. The predicted octanol–water partition coefficient (Wildman–Crippen LogP) is 17.7. The van der Waals surface area contributed by atoms with E-state index in [1.807, 2.05) is 0 Å². The Kier molecular flexibility index (Phi) is 9.37. The van der Waals surface area contributed by atoms with E-state index in [2.05, 4.69) is 223 Å². The Balaban J connectivity index is 0.882. The third kappa shape index (κ3) is 6.24. The molecule has 14 rings (SSSR count). The van der Waals surface area contributed by atoms with E-state index >= 15 is 0 Å². The van der Waals surface area contributed by atoms with Crippen LogP contribution in [0.25, 0.3) is 60.9 Å². The number of rotatable bonds is 7. The van der Waals surface area contributed by atoms with Crippen molar-refractivity contribution in [2.45, 2.75) is 56.3 Å². The van der Waals surface area contributed by atoms with E-state index in [-0.39, 0.29) is 11.3 Å². The first-order valence-electron chi connectivity index (χ1n) is 25.0. The highest BCUT2D eigenvalue weighted by molar-refractivity contribution is 6.13. The van der Waals surface area contributed by atoms with Crippen LogP contribution < -0.4 is 4.90 Å². The molecular formula is C67H51NO. The number of nitrogens with zero attached hydrogens (tertiary/aromatic N) is 1. The van der Waals surface area contributed by atoms with Crippen molar-refractivity contribution in [3.63, 3.8) is 0 Å². The van der Waals surface area contributed by atoms with Crippen LogP contribution >= 0.6 is 0 Å². The van der Waals surface area contributed by atoms with E-state index in [1.54, 1.807) is 0 Å². The second kappa shape index (κ2) is 16.1. The van der Waals surface area contributed by atoms with Gasteiger partial charge in [0.15, 0.2) is 5.58 Å². The van der Waals surface area contributed by atoms with Crippen LogP contribution in [0.2, 0.25) is 0 Å². The van der Waals surface area contributed by atoms with Crippen molar-refractivity contribution in [3.05, 3.63) is 274 Å². The van der Waals surface area contributed by atoms with Crippen molar-refractivity contribution in [3.8, 4) is 33.4 Å². The fraction of sp³-hybridized carbons (Fsp3) is 0.134. The maximum atomic E-state index is 7.09. The zero-order valence-electron chi connectivity index (χ0n) is 38.7. The van der Waals surface area contributed by atoms with E-state index in [4.69, 9.17) is 4.42 Å². The first kappa shape index (κ1) is 40.2. The number of para-hydroxylation sites is 2. The highest BCUT2D eigenvalue weighted by atomic mass is 16.3. The van der Waals surface area contributed by atoms with Crippen LogP contribution in [0.1, 0.15) is 78.7 Å². The Morgan fingerprint density at radius 2 is 1.28 bits per heavy atom. The monoisotopic (exact) mass is 885 g/mol. The number of hydrogen-bond acceptors (Lipinski definition) is 2.